The Morgan fingerprint density at radius 3 is 2.59 bits per heavy atom. The number of nitrogens with one attached hydrogen (secondary N) is 2. The molecular formula is C24H32ClF3N4S2. The van der Waals surface area contributed by atoms with Crippen LogP contribution in [0.2, 0.25) is 0 Å². The van der Waals surface area contributed by atoms with Gasteiger partial charge in [0.05, 0.1) is 5.03 Å². The van der Waals surface area contributed by atoms with Gasteiger partial charge in [-0.3, -0.25) is 5.41 Å². The number of hydrogen-bond donors (Lipinski definition) is 2. The van der Waals surface area contributed by atoms with Crippen molar-refractivity contribution in [3.8, 4) is 0 Å². The minimum atomic E-state index is -2.83. The van der Waals surface area contributed by atoms with Crippen LogP contribution in [0.1, 0.15) is 46.5 Å². The molecule has 1 heterocycles. The van der Waals surface area contributed by atoms with E-state index in [0.717, 1.165) is 17.5 Å². The molecule has 2 N–H and O–H groups in total. The smallest absolute Gasteiger partial charge is 0.250 e. The molecule has 0 aromatic carbocycles. The molecule has 1 aliphatic rings. The highest BCUT2D eigenvalue weighted by molar-refractivity contribution is 8.19. The second-order valence-corrected chi connectivity index (χ2v) is 10.3. The van der Waals surface area contributed by atoms with Crippen molar-refractivity contribution in [3.05, 3.63) is 57.8 Å². The van der Waals surface area contributed by atoms with Crippen LogP contribution < -0.4 is 5.32 Å². The van der Waals surface area contributed by atoms with Crippen molar-refractivity contribution in [2.24, 2.45) is 16.1 Å². The molecule has 4 nitrogen and oxygen atoms in total. The molecule has 0 saturated heterocycles. The van der Waals surface area contributed by atoms with Crippen molar-refractivity contribution in [2.75, 3.05) is 12.8 Å². The number of halogens is 4. The molecule has 1 rings (SSSR count). The molecule has 1 aliphatic heterocycles. The predicted octanol–water partition coefficient (Wildman–Crippen LogP) is 8.22. The first-order valence-electron chi connectivity index (χ1n) is 10.8. The van der Waals surface area contributed by atoms with Gasteiger partial charge in [-0.25, -0.2) is 13.2 Å². The Labute approximate surface area is 214 Å². The van der Waals surface area contributed by atoms with Crippen LogP contribution in [-0.4, -0.2) is 35.2 Å². The molecular weight excluding hydrogens is 501 g/mol. The summed E-state index contributed by atoms with van der Waals surface area (Å²) in [7, 11) is 0. The van der Waals surface area contributed by atoms with Gasteiger partial charge in [0.15, 0.2) is 5.83 Å². The van der Waals surface area contributed by atoms with Crippen molar-refractivity contribution >= 4 is 51.6 Å². The fraction of sp³-hybridized carbons (Fsp3) is 0.458. The average molecular weight is 533 g/mol. The summed E-state index contributed by atoms with van der Waals surface area (Å²) in [6.45, 7) is 9.09. The Morgan fingerprint density at radius 2 is 2.03 bits per heavy atom. The number of rotatable bonds is 14. The van der Waals surface area contributed by atoms with Crippen molar-refractivity contribution in [1.82, 2.24) is 5.32 Å². The second-order valence-electron chi connectivity index (χ2n) is 7.75. The number of allylic oxidation sites excluding steroid dienone is 6. The molecule has 0 amide bonds. The van der Waals surface area contributed by atoms with Gasteiger partial charge in [0.1, 0.15) is 10.8 Å². The molecule has 188 valence electrons. The molecule has 0 radical (unpaired) electrons. The molecule has 0 aromatic heterocycles. The summed E-state index contributed by atoms with van der Waals surface area (Å²) in [5.41, 5.74) is 1.45. The van der Waals surface area contributed by atoms with E-state index in [-0.39, 0.29) is 41.8 Å². The lowest BCUT2D eigenvalue weighted by Gasteiger charge is -2.15. The second kappa shape index (κ2) is 15.3. The standard InChI is InChI=1S/C24H32ClF3N4S2/c1-6-30-14-13-24(27,28)12-8-10-18(9-7-11-21(33-5)22(26)17(4)25)34-23(29)20-15-19(16(2)3)31-32-20/h6-7,9-11,16,29-30H,1,8,12-15H2,2-5H3/b9-7+,18-10+,21-11+,22-17-,29-23?. The van der Waals surface area contributed by atoms with Gasteiger partial charge in [-0.1, -0.05) is 55.9 Å². The zero-order chi connectivity index (χ0) is 25.7. The molecule has 0 atom stereocenters. The van der Waals surface area contributed by atoms with Gasteiger partial charge in [-0.2, -0.15) is 10.2 Å². The Bertz CT molecular complexity index is 915. The summed E-state index contributed by atoms with van der Waals surface area (Å²) in [4.78, 5) is 0.939. The first kappa shape index (κ1) is 30.3. The zero-order valence-electron chi connectivity index (χ0n) is 19.9. The topological polar surface area (TPSA) is 60.6 Å². The van der Waals surface area contributed by atoms with Crippen LogP contribution >= 0.6 is 35.1 Å². The van der Waals surface area contributed by atoms with Crippen LogP contribution in [0.5, 0.6) is 0 Å². The summed E-state index contributed by atoms with van der Waals surface area (Å²) in [6, 6.07) is 0. The van der Waals surface area contributed by atoms with E-state index in [1.807, 2.05) is 13.8 Å². The van der Waals surface area contributed by atoms with E-state index in [1.165, 1.54) is 24.9 Å². The molecule has 0 bridgehead atoms. The van der Waals surface area contributed by atoms with Gasteiger partial charge < -0.3 is 5.32 Å². The lowest BCUT2D eigenvalue weighted by Crippen LogP contribution is -2.22. The van der Waals surface area contributed by atoms with E-state index in [0.29, 0.717) is 21.9 Å². The van der Waals surface area contributed by atoms with Crippen molar-refractivity contribution in [3.63, 3.8) is 0 Å². The molecule has 10 heteroatoms. The predicted molar refractivity (Wildman–Crippen MR) is 145 cm³/mol. The third-order valence-electron chi connectivity index (χ3n) is 4.68. The molecule has 0 spiro atoms. The number of hydrogen-bond acceptors (Lipinski definition) is 6. The molecule has 0 saturated carbocycles. The minimum absolute atomic E-state index is 0.0503. The molecule has 0 aromatic rings. The number of thioether (sulfide) groups is 2. The van der Waals surface area contributed by atoms with E-state index in [2.05, 4.69) is 22.1 Å². The van der Waals surface area contributed by atoms with Crippen LogP contribution in [0, 0.1) is 11.3 Å². The van der Waals surface area contributed by atoms with E-state index in [9.17, 15) is 13.2 Å². The average Bonchev–Trinajstić information content (AvgIpc) is 3.27. The van der Waals surface area contributed by atoms with Crippen molar-refractivity contribution in [1.29, 1.82) is 5.41 Å². The monoisotopic (exact) mass is 532 g/mol. The summed E-state index contributed by atoms with van der Waals surface area (Å²) in [6.07, 6.45) is 9.63. The van der Waals surface area contributed by atoms with E-state index < -0.39 is 11.7 Å². The lowest BCUT2D eigenvalue weighted by atomic mass is 10.0. The highest BCUT2D eigenvalue weighted by Crippen LogP contribution is 2.29. The van der Waals surface area contributed by atoms with Crippen LogP contribution in [0.3, 0.4) is 0 Å². The maximum Gasteiger partial charge on any atom is 0.250 e. The highest BCUT2D eigenvalue weighted by Gasteiger charge is 2.27. The molecule has 0 fully saturated rings. The Hall–Kier alpha value is -1.71. The SMILES string of the molecule is C=CNCCC(F)(F)CC\C=C(/C=C/C=C(SC)\C(F)=C(/C)Cl)SC(=N)C1=NN=C(C(C)C)C1. The summed E-state index contributed by atoms with van der Waals surface area (Å²) in [5, 5.41) is 19.6. The summed E-state index contributed by atoms with van der Waals surface area (Å²) < 4.78 is 42.4. The van der Waals surface area contributed by atoms with Crippen LogP contribution in [-0.2, 0) is 0 Å². The quantitative estimate of drug-likeness (QED) is 0.102. The third kappa shape index (κ3) is 11.1. The van der Waals surface area contributed by atoms with Gasteiger partial charge in [-0.05, 0) is 43.9 Å². The zero-order valence-corrected chi connectivity index (χ0v) is 22.3. The van der Waals surface area contributed by atoms with Crippen molar-refractivity contribution < 1.29 is 13.2 Å². The van der Waals surface area contributed by atoms with E-state index in [4.69, 9.17) is 17.0 Å². The van der Waals surface area contributed by atoms with Crippen LogP contribution in [0.15, 0.2) is 68.0 Å². The summed E-state index contributed by atoms with van der Waals surface area (Å²) >= 11 is 8.07. The first-order chi connectivity index (χ1) is 16.0. The summed E-state index contributed by atoms with van der Waals surface area (Å²) in [5.74, 6) is -3.11. The fourth-order valence-electron chi connectivity index (χ4n) is 2.67. The van der Waals surface area contributed by atoms with Gasteiger partial charge in [-0.15, -0.1) is 11.8 Å². The number of alkyl halides is 2. The molecule has 0 aliphatic carbocycles. The van der Waals surface area contributed by atoms with E-state index in [1.54, 1.807) is 30.6 Å². The number of nitrogens with zero attached hydrogens (tertiary/aromatic N) is 2. The largest absolute Gasteiger partial charge is 0.391 e. The van der Waals surface area contributed by atoms with Crippen LogP contribution in [0.4, 0.5) is 13.2 Å². The normalized spacial score (nSPS) is 16.0. The maximum absolute atomic E-state index is 14.1. The van der Waals surface area contributed by atoms with Crippen molar-refractivity contribution in [2.45, 2.75) is 52.4 Å². The molecule has 34 heavy (non-hydrogen) atoms. The fourth-order valence-corrected chi connectivity index (χ4v) is 4.19. The van der Waals surface area contributed by atoms with E-state index >= 15 is 0 Å². The minimum Gasteiger partial charge on any atom is -0.391 e. The highest BCUT2D eigenvalue weighted by atomic mass is 35.5. The first-order valence-corrected chi connectivity index (χ1v) is 13.2. The van der Waals surface area contributed by atoms with Gasteiger partial charge in [0.2, 0.25) is 5.92 Å². The van der Waals surface area contributed by atoms with Crippen LogP contribution in [0.25, 0.3) is 0 Å². The van der Waals surface area contributed by atoms with Gasteiger partial charge in [0, 0.05) is 41.3 Å². The Morgan fingerprint density at radius 1 is 1.32 bits per heavy atom. The third-order valence-corrected chi connectivity index (χ3v) is 6.58. The molecule has 0 unspecified atom stereocenters. The maximum atomic E-state index is 14.1. The van der Waals surface area contributed by atoms with Gasteiger partial charge >= 0.3 is 0 Å². The Balaban J connectivity index is 2.98. The van der Waals surface area contributed by atoms with Gasteiger partial charge in [0.25, 0.3) is 0 Å². The Kier molecular flexibility index (Phi) is 13.7. The lowest BCUT2D eigenvalue weighted by molar-refractivity contribution is -0.0139.